The summed E-state index contributed by atoms with van der Waals surface area (Å²) in [5.74, 6) is 1.48. The number of benzene rings is 1. The molecule has 0 saturated heterocycles. The predicted octanol–water partition coefficient (Wildman–Crippen LogP) is 4.56. The second-order valence-electron chi connectivity index (χ2n) is 6.98. The molecule has 1 unspecified atom stereocenters. The van der Waals surface area contributed by atoms with Crippen molar-refractivity contribution in [2.45, 2.75) is 64.6 Å². The zero-order valence-corrected chi connectivity index (χ0v) is 18.9. The lowest BCUT2D eigenvalue weighted by Gasteiger charge is -2.24. The Labute approximate surface area is 175 Å². The van der Waals surface area contributed by atoms with Crippen molar-refractivity contribution in [2.75, 3.05) is 6.54 Å². The first-order chi connectivity index (χ1) is 12.8. The average Bonchev–Trinajstić information content (AvgIpc) is 2.64. The number of allylic oxidation sites excluding steroid dienone is 1. The molecule has 0 amide bonds. The average molecular weight is 408 g/mol. The van der Waals surface area contributed by atoms with E-state index in [1.807, 2.05) is 38.2 Å². The van der Waals surface area contributed by atoms with Crippen LogP contribution in [0, 0.1) is 0 Å². The highest BCUT2D eigenvalue weighted by atomic mass is 32.1. The Hall–Kier alpha value is -1.24. The van der Waals surface area contributed by atoms with Crippen molar-refractivity contribution in [2.24, 2.45) is 5.10 Å². The largest absolute Gasteiger partial charge is 0.304 e. The van der Waals surface area contributed by atoms with E-state index in [1.54, 1.807) is 6.92 Å². The summed E-state index contributed by atoms with van der Waals surface area (Å²) in [7, 11) is 0. The molecule has 1 rings (SSSR count). The Balaban J connectivity index is 3.16. The minimum Gasteiger partial charge on any atom is -0.304 e. The smallest absolute Gasteiger partial charge is 0.148 e. The number of ketones is 1. The van der Waals surface area contributed by atoms with E-state index in [2.05, 4.69) is 60.8 Å². The van der Waals surface area contributed by atoms with Gasteiger partial charge in [-0.05, 0) is 42.5 Å². The molecule has 6 heteroatoms. The lowest BCUT2D eigenvalue weighted by atomic mass is 10.0. The first kappa shape index (κ1) is 23.8. The third-order valence-electron chi connectivity index (χ3n) is 4.02. The maximum absolute atomic E-state index is 12.0. The summed E-state index contributed by atoms with van der Waals surface area (Å²) in [6.45, 7) is 10.3. The van der Waals surface area contributed by atoms with Crippen LogP contribution in [-0.2, 0) is 16.3 Å². The van der Waals surface area contributed by atoms with E-state index in [0.29, 0.717) is 18.1 Å². The normalized spacial score (nSPS) is 13.4. The van der Waals surface area contributed by atoms with Crippen molar-refractivity contribution >= 4 is 42.8 Å². The Kier molecular flexibility index (Phi) is 10.8. The summed E-state index contributed by atoms with van der Waals surface area (Å²) in [4.78, 5) is 12.0. The molecule has 1 aromatic carbocycles. The van der Waals surface area contributed by atoms with Gasteiger partial charge in [0.15, 0.2) is 0 Å². The number of nitrogens with one attached hydrogen (secondary N) is 1. The molecule has 0 aliphatic carbocycles. The van der Waals surface area contributed by atoms with Crippen LogP contribution < -0.4 is 5.32 Å². The lowest BCUT2D eigenvalue weighted by Crippen LogP contribution is -2.45. The van der Waals surface area contributed by atoms with Crippen molar-refractivity contribution in [1.82, 2.24) is 10.3 Å². The van der Waals surface area contributed by atoms with Crippen LogP contribution in [0.15, 0.2) is 29.5 Å². The zero-order chi connectivity index (χ0) is 20.4. The molecule has 0 spiro atoms. The quantitative estimate of drug-likeness (QED) is 0.286. The molecule has 0 aliphatic heterocycles. The van der Waals surface area contributed by atoms with Gasteiger partial charge in [0.05, 0.1) is 12.6 Å². The summed E-state index contributed by atoms with van der Waals surface area (Å²) in [5, 5.41) is 9.71. The number of rotatable bonds is 11. The number of hydrogen-bond acceptors (Lipinski definition) is 6. The number of hydrogen-bond donors (Lipinski definition) is 3. The van der Waals surface area contributed by atoms with E-state index in [9.17, 15) is 4.79 Å². The maximum atomic E-state index is 12.0. The van der Waals surface area contributed by atoms with E-state index in [4.69, 9.17) is 0 Å². The van der Waals surface area contributed by atoms with E-state index in [0.717, 1.165) is 17.6 Å². The molecule has 0 aliphatic rings. The number of carbonyl (C=O) groups excluding carboxylic acids is 1. The Morgan fingerprint density at radius 2 is 1.78 bits per heavy atom. The maximum Gasteiger partial charge on any atom is 0.148 e. The van der Waals surface area contributed by atoms with Gasteiger partial charge in [0.1, 0.15) is 5.78 Å². The first-order valence-electron chi connectivity index (χ1n) is 9.39. The second-order valence-corrected chi connectivity index (χ2v) is 7.61. The van der Waals surface area contributed by atoms with Crippen LogP contribution in [0.3, 0.4) is 0 Å². The Morgan fingerprint density at radius 3 is 2.22 bits per heavy atom. The van der Waals surface area contributed by atoms with Gasteiger partial charge in [-0.15, -0.1) is 0 Å². The fraction of sp³-hybridized carbons (Fsp3) is 0.524. The van der Waals surface area contributed by atoms with Crippen molar-refractivity contribution in [3.63, 3.8) is 0 Å². The molecule has 0 radical (unpaired) electrons. The van der Waals surface area contributed by atoms with Crippen LogP contribution >= 0.6 is 25.3 Å². The van der Waals surface area contributed by atoms with Crippen LogP contribution in [0.5, 0.6) is 0 Å². The summed E-state index contributed by atoms with van der Waals surface area (Å²) in [6, 6.07) is 6.37. The molecule has 150 valence electrons. The molecule has 27 heavy (non-hydrogen) atoms. The van der Waals surface area contributed by atoms with Gasteiger partial charge >= 0.3 is 0 Å². The van der Waals surface area contributed by atoms with Crippen molar-refractivity contribution in [1.29, 1.82) is 0 Å². The Morgan fingerprint density at radius 1 is 1.19 bits per heavy atom. The highest BCUT2D eigenvalue weighted by Crippen LogP contribution is 2.21. The van der Waals surface area contributed by atoms with E-state index >= 15 is 0 Å². The summed E-state index contributed by atoms with van der Waals surface area (Å²) in [6.07, 6.45) is 4.70. The lowest BCUT2D eigenvalue weighted by molar-refractivity contribution is -0.119. The molecular weight excluding hydrogens is 374 g/mol. The van der Waals surface area contributed by atoms with Crippen LogP contribution in [-0.4, -0.2) is 35.6 Å². The highest BCUT2D eigenvalue weighted by molar-refractivity contribution is 7.79. The first-order valence-corrected chi connectivity index (χ1v) is 10.7. The monoisotopic (exact) mass is 407 g/mol. The van der Waals surface area contributed by atoms with Crippen molar-refractivity contribution in [3.8, 4) is 0 Å². The molecule has 1 aromatic rings. The number of hydrazone groups is 1. The third kappa shape index (κ3) is 8.54. The number of carbonyl (C=O) groups is 1. The SMILES string of the molecule is CC/C=N/N(/C=C(\C)c1cc(CS)cc(CS)c1)CC(NC(C)C)C(C)=O. The summed E-state index contributed by atoms with van der Waals surface area (Å²) in [5.41, 5.74) is 4.54. The molecule has 0 fully saturated rings. The van der Waals surface area contributed by atoms with Gasteiger partial charge in [0.2, 0.25) is 0 Å². The van der Waals surface area contributed by atoms with Crippen LogP contribution in [0.1, 0.15) is 57.7 Å². The molecule has 4 nitrogen and oxygen atoms in total. The van der Waals surface area contributed by atoms with Gasteiger partial charge in [0, 0.05) is 30.0 Å². The molecule has 1 atom stereocenters. The molecule has 0 saturated carbocycles. The molecular formula is C21H33N3OS2. The van der Waals surface area contributed by atoms with Crippen molar-refractivity contribution in [3.05, 3.63) is 41.1 Å². The van der Waals surface area contributed by atoms with Crippen LogP contribution in [0.25, 0.3) is 5.57 Å². The highest BCUT2D eigenvalue weighted by Gasteiger charge is 2.18. The van der Waals surface area contributed by atoms with Gasteiger partial charge in [-0.1, -0.05) is 39.0 Å². The third-order valence-corrected chi connectivity index (χ3v) is 4.75. The summed E-state index contributed by atoms with van der Waals surface area (Å²) >= 11 is 8.81. The molecule has 1 N–H and O–H groups in total. The van der Waals surface area contributed by atoms with Crippen LogP contribution in [0.4, 0.5) is 0 Å². The van der Waals surface area contributed by atoms with E-state index < -0.39 is 0 Å². The number of Topliss-reactive ketones (excluding diaryl/α,β-unsaturated/α-hetero) is 1. The van der Waals surface area contributed by atoms with Crippen LogP contribution in [0.2, 0.25) is 0 Å². The minimum atomic E-state index is -0.264. The molecule has 0 bridgehead atoms. The second kappa shape index (κ2) is 12.3. The molecule has 0 aromatic heterocycles. The zero-order valence-electron chi connectivity index (χ0n) is 17.1. The van der Waals surface area contributed by atoms with Crippen molar-refractivity contribution < 1.29 is 4.79 Å². The Bertz CT molecular complexity index is 649. The minimum absolute atomic E-state index is 0.112. The summed E-state index contributed by atoms with van der Waals surface area (Å²) < 4.78 is 0. The number of nitrogens with zero attached hydrogens (tertiary/aromatic N) is 2. The van der Waals surface area contributed by atoms with Gasteiger partial charge in [-0.2, -0.15) is 30.4 Å². The number of thiol groups is 2. The standard InChI is InChI=1S/C21H33N3OS2/c1-6-7-22-24(12-21(17(5)25)23-15(2)3)11-16(4)20-9-18(13-26)8-19(10-20)14-27/h7-11,15,21,23,26-27H,6,12-14H2,1-5H3/b16-11+,22-7+. The predicted molar refractivity (Wildman–Crippen MR) is 124 cm³/mol. The van der Waals surface area contributed by atoms with Gasteiger partial charge in [0.25, 0.3) is 0 Å². The van der Waals surface area contributed by atoms with Gasteiger partial charge < -0.3 is 5.32 Å². The topological polar surface area (TPSA) is 44.7 Å². The fourth-order valence-electron chi connectivity index (χ4n) is 2.68. The molecule has 0 heterocycles. The van der Waals surface area contributed by atoms with E-state index in [1.165, 1.54) is 11.1 Å². The van der Waals surface area contributed by atoms with Gasteiger partial charge in [-0.3, -0.25) is 9.80 Å². The fourth-order valence-corrected chi connectivity index (χ4v) is 3.04. The van der Waals surface area contributed by atoms with Gasteiger partial charge in [-0.25, -0.2) is 0 Å². The van der Waals surface area contributed by atoms with E-state index in [-0.39, 0.29) is 17.9 Å².